The summed E-state index contributed by atoms with van der Waals surface area (Å²) < 4.78 is 23.9. The minimum Gasteiger partial charge on any atom is -0.444 e. The molecule has 5 rings (SSSR count). The zero-order valence-electron chi connectivity index (χ0n) is 25.0. The lowest BCUT2D eigenvalue weighted by Gasteiger charge is -2.64. The predicted octanol–water partition coefficient (Wildman–Crippen LogP) is 2.93. The second-order valence-electron chi connectivity index (χ2n) is 14.0. The van der Waals surface area contributed by atoms with Gasteiger partial charge in [-0.25, -0.2) is 4.79 Å². The lowest BCUT2D eigenvalue weighted by Crippen LogP contribution is -2.65. The Labute approximate surface area is 233 Å². The van der Waals surface area contributed by atoms with Crippen LogP contribution in [0.25, 0.3) is 0 Å². The first kappa shape index (κ1) is 30.1. The summed E-state index contributed by atoms with van der Waals surface area (Å²) in [6.45, 7) is 18.0. The fourth-order valence-corrected chi connectivity index (χ4v) is 6.88. The third-order valence-electron chi connectivity index (χ3n) is 9.10. The zero-order valence-corrected chi connectivity index (χ0v) is 25.0. The number of amides is 3. The summed E-state index contributed by atoms with van der Waals surface area (Å²) in [4.78, 5) is 41.1. The Morgan fingerprint density at radius 3 is 2.33 bits per heavy atom. The van der Waals surface area contributed by atoms with Crippen LogP contribution in [0.15, 0.2) is 0 Å². The Morgan fingerprint density at radius 1 is 1.08 bits per heavy atom. The largest absolute Gasteiger partial charge is 0.481 e. The van der Waals surface area contributed by atoms with E-state index in [-0.39, 0.29) is 29.8 Å². The van der Waals surface area contributed by atoms with Gasteiger partial charge >= 0.3 is 13.2 Å². The van der Waals surface area contributed by atoms with Crippen molar-refractivity contribution < 1.29 is 33.2 Å². The highest BCUT2D eigenvalue weighted by atomic mass is 16.7. The Hall–Kier alpha value is -1.85. The van der Waals surface area contributed by atoms with Crippen LogP contribution in [0.1, 0.15) is 81.1 Å². The van der Waals surface area contributed by atoms with Crippen LogP contribution >= 0.6 is 0 Å². The molecular formula is C28H48BN3O7. The van der Waals surface area contributed by atoms with Gasteiger partial charge in [-0.1, -0.05) is 27.7 Å². The molecule has 10 nitrogen and oxygen atoms in total. The summed E-state index contributed by atoms with van der Waals surface area (Å²) in [7, 11) is -0.598. The van der Waals surface area contributed by atoms with Crippen LogP contribution in [0.2, 0.25) is 0 Å². The fraction of sp³-hybridized carbons (Fsp3) is 0.893. The maximum Gasteiger partial charge on any atom is 0.481 e. The van der Waals surface area contributed by atoms with Gasteiger partial charge in [0.15, 0.2) is 0 Å². The standard InChI is InChI=1S/C28H48BN3O7/c1-17(2)13-22(29-38-21-15-18-14-20(27(18,6)7)28(21,8)39-29)31-24(34)19(30-25(35)37-26(3,4)5)16-23(33)32-9-11-36-12-10-32/h17-22H,9-16H2,1-8H3,(H,30,35)(H,31,34)/t18-,19-,20-,21+,22+,28-/m1/s1. The molecule has 2 heterocycles. The van der Waals surface area contributed by atoms with Crippen molar-refractivity contribution in [1.29, 1.82) is 0 Å². The van der Waals surface area contributed by atoms with Crippen LogP contribution in [-0.4, -0.2) is 85.5 Å². The smallest absolute Gasteiger partial charge is 0.444 e. The third-order valence-corrected chi connectivity index (χ3v) is 9.10. The van der Waals surface area contributed by atoms with Gasteiger partial charge in [0.25, 0.3) is 0 Å². The Kier molecular flexibility index (Phi) is 8.65. The molecule has 220 valence electrons. The minimum atomic E-state index is -1.10. The predicted molar refractivity (Wildman–Crippen MR) is 147 cm³/mol. The van der Waals surface area contributed by atoms with Crippen molar-refractivity contribution in [3.8, 4) is 0 Å². The second-order valence-corrected chi connectivity index (χ2v) is 14.0. The average Bonchev–Trinajstić information content (AvgIpc) is 3.19. The molecule has 5 aliphatic rings. The monoisotopic (exact) mass is 549 g/mol. The molecule has 0 spiro atoms. The van der Waals surface area contributed by atoms with Crippen molar-refractivity contribution in [3.05, 3.63) is 0 Å². The lowest BCUT2D eigenvalue weighted by atomic mass is 9.43. The molecule has 0 unspecified atom stereocenters. The number of hydrogen-bond donors (Lipinski definition) is 2. The molecule has 6 atom stereocenters. The average molecular weight is 550 g/mol. The van der Waals surface area contributed by atoms with E-state index in [9.17, 15) is 14.4 Å². The van der Waals surface area contributed by atoms with Gasteiger partial charge in [0.2, 0.25) is 11.8 Å². The van der Waals surface area contributed by atoms with Crippen molar-refractivity contribution in [2.45, 2.75) is 110 Å². The van der Waals surface area contributed by atoms with Gasteiger partial charge < -0.3 is 34.3 Å². The number of carbonyl (C=O) groups is 3. The molecule has 0 aromatic carbocycles. The number of morpholine rings is 1. The first-order chi connectivity index (χ1) is 18.1. The summed E-state index contributed by atoms with van der Waals surface area (Å²) in [5.41, 5.74) is -0.933. The van der Waals surface area contributed by atoms with E-state index >= 15 is 0 Å². The number of carbonyl (C=O) groups excluding carboxylic acids is 3. The van der Waals surface area contributed by atoms with E-state index in [4.69, 9.17) is 18.8 Å². The molecule has 2 N–H and O–H groups in total. The molecule has 3 saturated carbocycles. The molecule has 2 saturated heterocycles. The van der Waals surface area contributed by atoms with Crippen LogP contribution in [0.3, 0.4) is 0 Å². The van der Waals surface area contributed by atoms with E-state index in [2.05, 4.69) is 45.3 Å². The lowest BCUT2D eigenvalue weighted by molar-refractivity contribution is -0.199. The maximum absolute atomic E-state index is 13.7. The summed E-state index contributed by atoms with van der Waals surface area (Å²) in [5, 5.41) is 5.73. The van der Waals surface area contributed by atoms with E-state index in [0.717, 1.165) is 12.8 Å². The van der Waals surface area contributed by atoms with E-state index < -0.39 is 42.3 Å². The van der Waals surface area contributed by atoms with Gasteiger partial charge in [-0.05, 0) is 70.1 Å². The van der Waals surface area contributed by atoms with Gasteiger partial charge in [-0.3, -0.25) is 9.59 Å². The molecule has 2 aliphatic heterocycles. The first-order valence-electron chi connectivity index (χ1n) is 14.6. The molecule has 5 fully saturated rings. The number of rotatable bonds is 8. The highest BCUT2D eigenvalue weighted by molar-refractivity contribution is 6.48. The maximum atomic E-state index is 13.7. The molecule has 0 radical (unpaired) electrons. The van der Waals surface area contributed by atoms with Gasteiger partial charge in [-0.2, -0.15) is 0 Å². The van der Waals surface area contributed by atoms with Gasteiger partial charge in [0, 0.05) is 13.1 Å². The number of nitrogens with one attached hydrogen (secondary N) is 2. The first-order valence-corrected chi connectivity index (χ1v) is 14.6. The molecular weight excluding hydrogens is 501 g/mol. The number of ether oxygens (including phenoxy) is 2. The van der Waals surface area contributed by atoms with E-state index in [1.54, 1.807) is 25.7 Å². The summed E-state index contributed by atoms with van der Waals surface area (Å²) in [6.07, 6.45) is 1.80. The fourth-order valence-electron chi connectivity index (χ4n) is 6.88. The summed E-state index contributed by atoms with van der Waals surface area (Å²) >= 11 is 0. The van der Waals surface area contributed by atoms with Crippen molar-refractivity contribution in [2.75, 3.05) is 26.3 Å². The Bertz CT molecular complexity index is 933. The number of nitrogens with zero attached hydrogens (tertiary/aromatic N) is 1. The number of alkyl carbamates (subject to hydrolysis) is 1. The normalized spacial score (nSPS) is 31.2. The van der Waals surface area contributed by atoms with Crippen molar-refractivity contribution in [2.24, 2.45) is 23.2 Å². The quantitative estimate of drug-likeness (QED) is 0.448. The molecule has 0 aromatic heterocycles. The van der Waals surface area contributed by atoms with Crippen LogP contribution in [0, 0.1) is 23.2 Å². The molecule has 39 heavy (non-hydrogen) atoms. The van der Waals surface area contributed by atoms with Crippen LogP contribution < -0.4 is 10.6 Å². The molecule has 2 bridgehead atoms. The van der Waals surface area contributed by atoms with Crippen LogP contribution in [0.5, 0.6) is 0 Å². The molecule has 0 aromatic rings. The summed E-state index contributed by atoms with van der Waals surface area (Å²) in [5.74, 6) is 0.183. The zero-order chi connectivity index (χ0) is 28.8. The Balaban J connectivity index is 1.48. The van der Waals surface area contributed by atoms with Crippen LogP contribution in [0.4, 0.5) is 4.79 Å². The van der Waals surface area contributed by atoms with Crippen molar-refractivity contribution >= 4 is 25.0 Å². The molecule has 3 amide bonds. The second kappa shape index (κ2) is 11.2. The molecule has 11 heteroatoms. The minimum absolute atomic E-state index is 0.00979. The topological polar surface area (TPSA) is 115 Å². The molecule has 3 aliphatic carbocycles. The number of hydrogen-bond acceptors (Lipinski definition) is 7. The van der Waals surface area contributed by atoms with E-state index in [1.165, 1.54) is 0 Å². The van der Waals surface area contributed by atoms with Gasteiger partial charge in [-0.15, -0.1) is 0 Å². The summed E-state index contributed by atoms with van der Waals surface area (Å²) in [6, 6.07) is -1.10. The Morgan fingerprint density at radius 2 is 1.74 bits per heavy atom. The van der Waals surface area contributed by atoms with Gasteiger partial charge in [0.1, 0.15) is 11.6 Å². The van der Waals surface area contributed by atoms with Crippen LogP contribution in [-0.2, 0) is 28.4 Å². The van der Waals surface area contributed by atoms with E-state index in [0.29, 0.717) is 44.6 Å². The van der Waals surface area contributed by atoms with Gasteiger partial charge in [0.05, 0.1) is 37.3 Å². The SMILES string of the molecule is CC(C)C[C@H](NC(=O)[C@@H](CC(=O)N1CCOCC1)NC(=O)OC(C)(C)C)B1O[C@H]2C[C@H]3C[C@H](C3(C)C)[C@@]2(C)O1. The third kappa shape index (κ3) is 6.56. The highest BCUT2D eigenvalue weighted by Gasteiger charge is 2.68. The van der Waals surface area contributed by atoms with Crippen molar-refractivity contribution in [3.63, 3.8) is 0 Å². The van der Waals surface area contributed by atoms with Crippen molar-refractivity contribution in [1.82, 2.24) is 15.5 Å². The van der Waals surface area contributed by atoms with E-state index in [1.807, 2.05) is 0 Å². The highest BCUT2D eigenvalue weighted by Crippen LogP contribution is 2.65.